The van der Waals surface area contributed by atoms with Crippen LogP contribution in [0.1, 0.15) is 17.8 Å². The van der Waals surface area contributed by atoms with Crippen molar-refractivity contribution in [2.75, 3.05) is 13.1 Å². The standard InChI is InChI=1S/C16H16ClN5O2/c17-12-3-1-2-11(6-12)15-19-13(9-24-15)8-22-5-4-16(23,10-22)14-7-18-21-20-14/h1-3,6-7,9,23H,4-5,8,10H2,(H,18,20,21). The monoisotopic (exact) mass is 345 g/mol. The predicted molar refractivity (Wildman–Crippen MR) is 87.1 cm³/mol. The number of halogens is 1. The quantitative estimate of drug-likeness (QED) is 0.753. The molecule has 1 saturated heterocycles. The van der Waals surface area contributed by atoms with Crippen LogP contribution in [0.15, 0.2) is 41.1 Å². The zero-order valence-electron chi connectivity index (χ0n) is 12.8. The van der Waals surface area contributed by atoms with E-state index < -0.39 is 5.60 Å². The van der Waals surface area contributed by atoms with Gasteiger partial charge in [-0.05, 0) is 24.6 Å². The molecule has 4 rings (SSSR count). The van der Waals surface area contributed by atoms with E-state index in [1.165, 1.54) is 0 Å². The fourth-order valence-corrected chi connectivity index (χ4v) is 3.19. The number of rotatable bonds is 4. The molecule has 2 N–H and O–H groups in total. The van der Waals surface area contributed by atoms with Crippen LogP contribution in [0, 0.1) is 0 Å². The summed E-state index contributed by atoms with van der Waals surface area (Å²) in [4.78, 5) is 6.63. The van der Waals surface area contributed by atoms with Crippen LogP contribution in [0.25, 0.3) is 11.5 Å². The minimum absolute atomic E-state index is 0.485. The van der Waals surface area contributed by atoms with Crippen molar-refractivity contribution in [3.63, 3.8) is 0 Å². The minimum atomic E-state index is -0.966. The van der Waals surface area contributed by atoms with Crippen molar-refractivity contribution >= 4 is 11.6 Å². The molecule has 7 nitrogen and oxygen atoms in total. The topological polar surface area (TPSA) is 91.1 Å². The molecule has 0 saturated carbocycles. The number of oxazole rings is 1. The number of hydrogen-bond acceptors (Lipinski definition) is 6. The van der Waals surface area contributed by atoms with Crippen LogP contribution < -0.4 is 0 Å². The van der Waals surface area contributed by atoms with E-state index in [0.717, 1.165) is 17.8 Å². The highest BCUT2D eigenvalue weighted by atomic mass is 35.5. The van der Waals surface area contributed by atoms with E-state index in [1.807, 2.05) is 24.3 Å². The van der Waals surface area contributed by atoms with Crippen molar-refractivity contribution in [2.45, 2.75) is 18.6 Å². The third kappa shape index (κ3) is 2.93. The lowest BCUT2D eigenvalue weighted by Crippen LogP contribution is -2.31. The van der Waals surface area contributed by atoms with Gasteiger partial charge in [-0.1, -0.05) is 17.7 Å². The van der Waals surface area contributed by atoms with E-state index >= 15 is 0 Å². The number of nitrogens with zero attached hydrogens (tertiary/aromatic N) is 4. The van der Waals surface area contributed by atoms with Gasteiger partial charge in [0.05, 0.1) is 11.9 Å². The minimum Gasteiger partial charge on any atom is -0.444 e. The zero-order valence-corrected chi connectivity index (χ0v) is 13.6. The Hall–Kier alpha value is -2.22. The first-order valence-corrected chi connectivity index (χ1v) is 8.01. The predicted octanol–water partition coefficient (Wildman–Crippen LogP) is 2.21. The number of likely N-dealkylation sites (tertiary alicyclic amines) is 1. The molecular formula is C16H16ClN5O2. The van der Waals surface area contributed by atoms with E-state index in [2.05, 4.69) is 25.3 Å². The van der Waals surface area contributed by atoms with Gasteiger partial charge in [-0.2, -0.15) is 15.4 Å². The highest BCUT2D eigenvalue weighted by Crippen LogP contribution is 2.31. The molecule has 3 aromatic rings. The Morgan fingerprint density at radius 1 is 1.42 bits per heavy atom. The maximum absolute atomic E-state index is 10.7. The van der Waals surface area contributed by atoms with Crippen molar-refractivity contribution < 1.29 is 9.52 Å². The number of H-pyrrole nitrogens is 1. The Bertz CT molecular complexity index is 835. The number of β-amino-alcohol motifs (C(OH)–C–C–N with tert-alkyl or cyclic N) is 1. The second-order valence-corrected chi connectivity index (χ2v) is 6.44. The van der Waals surface area contributed by atoms with Gasteiger partial charge in [-0.15, -0.1) is 0 Å². The summed E-state index contributed by atoms with van der Waals surface area (Å²) in [6.07, 6.45) is 3.82. The molecule has 8 heteroatoms. The van der Waals surface area contributed by atoms with E-state index in [1.54, 1.807) is 12.5 Å². The SMILES string of the molecule is OC1(c2cn[nH]n2)CCN(Cc2coc(-c3cccc(Cl)c3)n2)C1. The van der Waals surface area contributed by atoms with E-state index in [0.29, 0.717) is 36.1 Å². The fourth-order valence-electron chi connectivity index (χ4n) is 3.00. The molecule has 1 fully saturated rings. The van der Waals surface area contributed by atoms with Gasteiger partial charge in [0.1, 0.15) is 17.6 Å². The molecule has 3 heterocycles. The highest BCUT2D eigenvalue weighted by Gasteiger charge is 2.39. The summed E-state index contributed by atoms with van der Waals surface area (Å²) in [6.45, 7) is 1.84. The van der Waals surface area contributed by atoms with Crippen LogP contribution in [0.5, 0.6) is 0 Å². The first kappa shape index (κ1) is 15.3. The van der Waals surface area contributed by atoms with E-state index in [-0.39, 0.29) is 0 Å². The van der Waals surface area contributed by atoms with Gasteiger partial charge in [0.15, 0.2) is 0 Å². The molecule has 1 aliphatic heterocycles. The summed E-state index contributed by atoms with van der Waals surface area (Å²) >= 11 is 6.00. The lowest BCUT2D eigenvalue weighted by Gasteiger charge is -2.20. The number of aliphatic hydroxyl groups is 1. The molecule has 0 bridgehead atoms. The van der Waals surface area contributed by atoms with Gasteiger partial charge in [0.2, 0.25) is 5.89 Å². The maximum Gasteiger partial charge on any atom is 0.226 e. The molecule has 1 aromatic carbocycles. The molecule has 124 valence electrons. The molecule has 1 atom stereocenters. The van der Waals surface area contributed by atoms with Crippen molar-refractivity contribution in [1.82, 2.24) is 25.3 Å². The van der Waals surface area contributed by atoms with Gasteiger partial charge < -0.3 is 9.52 Å². The van der Waals surface area contributed by atoms with E-state index in [4.69, 9.17) is 16.0 Å². The fraction of sp³-hybridized carbons (Fsp3) is 0.312. The molecular weight excluding hydrogens is 330 g/mol. The average Bonchev–Trinajstić information content (AvgIpc) is 3.29. The lowest BCUT2D eigenvalue weighted by atomic mass is 10.0. The Kier molecular flexibility index (Phi) is 3.84. The Balaban J connectivity index is 1.46. The summed E-state index contributed by atoms with van der Waals surface area (Å²) in [7, 11) is 0. The van der Waals surface area contributed by atoms with Crippen LogP contribution in [0.3, 0.4) is 0 Å². The first-order valence-electron chi connectivity index (χ1n) is 7.64. The molecule has 1 aliphatic rings. The lowest BCUT2D eigenvalue weighted by molar-refractivity contribution is 0.0407. The summed E-state index contributed by atoms with van der Waals surface area (Å²) in [6, 6.07) is 7.39. The summed E-state index contributed by atoms with van der Waals surface area (Å²) < 4.78 is 5.55. The van der Waals surface area contributed by atoms with Gasteiger partial charge in [-0.25, -0.2) is 4.98 Å². The highest BCUT2D eigenvalue weighted by molar-refractivity contribution is 6.30. The smallest absolute Gasteiger partial charge is 0.226 e. The second kappa shape index (κ2) is 6.01. The van der Waals surface area contributed by atoms with Crippen molar-refractivity contribution in [2.24, 2.45) is 0 Å². The normalized spacial score (nSPS) is 21.4. The molecule has 1 unspecified atom stereocenters. The average molecular weight is 346 g/mol. The zero-order chi connectivity index (χ0) is 16.6. The van der Waals surface area contributed by atoms with Crippen molar-refractivity contribution in [3.05, 3.63) is 53.1 Å². The van der Waals surface area contributed by atoms with Crippen molar-refractivity contribution in [3.8, 4) is 11.5 Å². The van der Waals surface area contributed by atoms with Crippen LogP contribution in [0.2, 0.25) is 5.02 Å². The number of aromatic nitrogens is 4. The molecule has 0 radical (unpaired) electrons. The van der Waals surface area contributed by atoms with Gasteiger partial charge in [0.25, 0.3) is 0 Å². The number of benzene rings is 1. The van der Waals surface area contributed by atoms with Crippen LogP contribution in [-0.4, -0.2) is 43.5 Å². The molecule has 0 amide bonds. The molecule has 0 spiro atoms. The Morgan fingerprint density at radius 2 is 2.33 bits per heavy atom. The third-order valence-corrected chi connectivity index (χ3v) is 4.46. The number of aromatic amines is 1. The number of nitrogens with one attached hydrogen (secondary N) is 1. The number of hydrogen-bond donors (Lipinski definition) is 2. The van der Waals surface area contributed by atoms with Crippen LogP contribution >= 0.6 is 11.6 Å². The largest absolute Gasteiger partial charge is 0.444 e. The van der Waals surface area contributed by atoms with Crippen LogP contribution in [0.4, 0.5) is 0 Å². The molecule has 0 aliphatic carbocycles. The van der Waals surface area contributed by atoms with Gasteiger partial charge in [0, 0.05) is 30.2 Å². The van der Waals surface area contributed by atoms with E-state index in [9.17, 15) is 5.11 Å². The van der Waals surface area contributed by atoms with Crippen molar-refractivity contribution in [1.29, 1.82) is 0 Å². The summed E-state index contributed by atoms with van der Waals surface area (Å²) in [5.41, 5.74) is 1.26. The first-order chi connectivity index (χ1) is 11.6. The Labute approximate surface area is 143 Å². The van der Waals surface area contributed by atoms with Crippen LogP contribution in [-0.2, 0) is 12.1 Å². The summed E-state index contributed by atoms with van der Waals surface area (Å²) in [5, 5.41) is 21.7. The second-order valence-electron chi connectivity index (χ2n) is 6.00. The Morgan fingerprint density at radius 3 is 3.12 bits per heavy atom. The summed E-state index contributed by atoms with van der Waals surface area (Å²) in [5.74, 6) is 0.540. The van der Waals surface area contributed by atoms with Gasteiger partial charge in [-0.3, -0.25) is 4.90 Å². The third-order valence-electron chi connectivity index (χ3n) is 4.23. The van der Waals surface area contributed by atoms with Gasteiger partial charge >= 0.3 is 0 Å². The molecule has 24 heavy (non-hydrogen) atoms. The molecule has 2 aromatic heterocycles. The maximum atomic E-state index is 10.7.